The summed E-state index contributed by atoms with van der Waals surface area (Å²) in [5.41, 5.74) is 0. The molecule has 0 unspecified atom stereocenters. The molecule has 0 aromatic carbocycles. The summed E-state index contributed by atoms with van der Waals surface area (Å²) < 4.78 is 0. The fourth-order valence-corrected chi connectivity index (χ4v) is 2.30. The first-order chi connectivity index (χ1) is 8.56. The molecule has 0 aromatic heterocycles. The van der Waals surface area contributed by atoms with Gasteiger partial charge in [0.25, 0.3) is 0 Å². The highest BCUT2D eigenvalue weighted by Crippen LogP contribution is 2.29. The van der Waals surface area contributed by atoms with Crippen LogP contribution in [0.4, 0.5) is 4.79 Å². The van der Waals surface area contributed by atoms with Gasteiger partial charge in [0.15, 0.2) is 0 Å². The average molecular weight is 255 g/mol. The third-order valence-corrected chi connectivity index (χ3v) is 3.56. The van der Waals surface area contributed by atoms with E-state index in [0.29, 0.717) is 32.1 Å². The maximum atomic E-state index is 12.1. The predicted octanol–water partition coefficient (Wildman–Crippen LogP) is 0.150. The lowest BCUT2D eigenvalue weighted by atomic mass is 10.3. The van der Waals surface area contributed by atoms with Crippen molar-refractivity contribution >= 4 is 12.0 Å². The van der Waals surface area contributed by atoms with Crippen LogP contribution < -0.4 is 0 Å². The van der Waals surface area contributed by atoms with Gasteiger partial charge in [-0.2, -0.15) is 0 Å². The number of urea groups is 1. The predicted molar refractivity (Wildman–Crippen MR) is 66.4 cm³/mol. The zero-order valence-electron chi connectivity index (χ0n) is 10.8. The van der Waals surface area contributed by atoms with E-state index >= 15 is 0 Å². The lowest BCUT2D eigenvalue weighted by Gasteiger charge is -2.36. The Morgan fingerprint density at radius 1 is 1.22 bits per heavy atom. The Bertz CT molecular complexity index is 323. The standard InChI is InChI=1S/C12H21N3O3/c1-13(8-10-2-3-10)12(18)15-6-4-14(5-7-15)9-11(16)17/h10H,2-9H2,1H3,(H,16,17). The van der Waals surface area contributed by atoms with E-state index < -0.39 is 5.97 Å². The number of carboxylic acid groups (broad SMARTS) is 1. The number of aliphatic carboxylic acids is 1. The molecule has 18 heavy (non-hydrogen) atoms. The van der Waals surface area contributed by atoms with Crippen LogP contribution in [-0.2, 0) is 4.79 Å². The van der Waals surface area contributed by atoms with E-state index in [-0.39, 0.29) is 12.6 Å². The zero-order chi connectivity index (χ0) is 13.1. The van der Waals surface area contributed by atoms with Crippen molar-refractivity contribution in [2.75, 3.05) is 46.3 Å². The molecular formula is C12H21N3O3. The fraction of sp³-hybridized carbons (Fsp3) is 0.833. The molecule has 1 aliphatic carbocycles. The van der Waals surface area contributed by atoms with Crippen molar-refractivity contribution in [2.45, 2.75) is 12.8 Å². The van der Waals surface area contributed by atoms with Gasteiger partial charge in [-0.15, -0.1) is 0 Å². The van der Waals surface area contributed by atoms with E-state index in [4.69, 9.17) is 5.11 Å². The molecule has 2 amide bonds. The Hall–Kier alpha value is -1.30. The molecule has 102 valence electrons. The maximum absolute atomic E-state index is 12.1. The smallest absolute Gasteiger partial charge is 0.319 e. The molecule has 0 aromatic rings. The van der Waals surface area contributed by atoms with E-state index in [1.165, 1.54) is 12.8 Å². The van der Waals surface area contributed by atoms with Gasteiger partial charge < -0.3 is 14.9 Å². The van der Waals surface area contributed by atoms with Crippen LogP contribution in [0.1, 0.15) is 12.8 Å². The van der Waals surface area contributed by atoms with Gasteiger partial charge in [-0.05, 0) is 18.8 Å². The van der Waals surface area contributed by atoms with Gasteiger partial charge in [0.2, 0.25) is 0 Å². The molecule has 1 saturated heterocycles. The van der Waals surface area contributed by atoms with E-state index in [2.05, 4.69) is 0 Å². The number of hydrogen-bond acceptors (Lipinski definition) is 3. The molecule has 0 atom stereocenters. The van der Waals surface area contributed by atoms with E-state index in [1.807, 2.05) is 16.8 Å². The van der Waals surface area contributed by atoms with E-state index in [1.54, 1.807) is 4.90 Å². The highest BCUT2D eigenvalue weighted by molar-refractivity contribution is 5.74. The molecule has 0 spiro atoms. The molecule has 6 nitrogen and oxygen atoms in total. The largest absolute Gasteiger partial charge is 0.480 e. The summed E-state index contributed by atoms with van der Waals surface area (Å²) in [4.78, 5) is 28.2. The summed E-state index contributed by atoms with van der Waals surface area (Å²) in [6.07, 6.45) is 2.48. The van der Waals surface area contributed by atoms with Crippen molar-refractivity contribution in [3.05, 3.63) is 0 Å². The van der Waals surface area contributed by atoms with Crippen molar-refractivity contribution in [1.82, 2.24) is 14.7 Å². The number of rotatable bonds is 4. The zero-order valence-corrected chi connectivity index (χ0v) is 10.8. The summed E-state index contributed by atoms with van der Waals surface area (Å²) in [6.45, 7) is 3.47. The first kappa shape index (κ1) is 13.1. The Morgan fingerprint density at radius 3 is 2.33 bits per heavy atom. The SMILES string of the molecule is CN(CC1CC1)C(=O)N1CCN(CC(=O)O)CC1. The number of piperazine rings is 1. The van der Waals surface area contributed by atoms with Crippen LogP contribution in [0.2, 0.25) is 0 Å². The lowest BCUT2D eigenvalue weighted by Crippen LogP contribution is -2.53. The lowest BCUT2D eigenvalue weighted by molar-refractivity contribution is -0.138. The number of carbonyl (C=O) groups excluding carboxylic acids is 1. The number of hydrogen-bond donors (Lipinski definition) is 1. The molecular weight excluding hydrogens is 234 g/mol. The van der Waals surface area contributed by atoms with Crippen molar-refractivity contribution in [2.24, 2.45) is 5.92 Å². The normalized spacial score (nSPS) is 20.8. The van der Waals surface area contributed by atoms with Crippen LogP contribution in [-0.4, -0.2) is 78.1 Å². The van der Waals surface area contributed by atoms with Gasteiger partial charge in [0.1, 0.15) is 0 Å². The van der Waals surface area contributed by atoms with Crippen LogP contribution in [0, 0.1) is 5.92 Å². The third-order valence-electron chi connectivity index (χ3n) is 3.56. The van der Waals surface area contributed by atoms with Crippen LogP contribution in [0.3, 0.4) is 0 Å². The highest BCUT2D eigenvalue weighted by Gasteiger charge is 2.28. The minimum Gasteiger partial charge on any atom is -0.480 e. The topological polar surface area (TPSA) is 64.1 Å². The minimum absolute atomic E-state index is 0.0694. The van der Waals surface area contributed by atoms with Crippen LogP contribution in [0.25, 0.3) is 0 Å². The second-order valence-electron chi connectivity index (χ2n) is 5.26. The molecule has 1 N–H and O–H groups in total. The van der Waals surface area contributed by atoms with Gasteiger partial charge in [-0.3, -0.25) is 9.69 Å². The fourth-order valence-electron chi connectivity index (χ4n) is 2.30. The molecule has 0 bridgehead atoms. The third kappa shape index (κ3) is 3.60. The van der Waals surface area contributed by atoms with Gasteiger partial charge >= 0.3 is 12.0 Å². The van der Waals surface area contributed by atoms with Gasteiger partial charge in [0.05, 0.1) is 6.54 Å². The molecule has 6 heteroatoms. The average Bonchev–Trinajstić information content (AvgIpc) is 3.12. The van der Waals surface area contributed by atoms with Crippen LogP contribution >= 0.6 is 0 Å². The van der Waals surface area contributed by atoms with Crippen molar-refractivity contribution in [3.63, 3.8) is 0 Å². The quantitative estimate of drug-likeness (QED) is 0.776. The summed E-state index contributed by atoms with van der Waals surface area (Å²) in [7, 11) is 1.85. The molecule has 2 fully saturated rings. The molecule has 2 aliphatic rings. The Morgan fingerprint density at radius 2 is 1.83 bits per heavy atom. The van der Waals surface area contributed by atoms with E-state index in [9.17, 15) is 9.59 Å². The summed E-state index contributed by atoms with van der Waals surface area (Å²) >= 11 is 0. The molecule has 0 radical (unpaired) electrons. The Labute approximate surface area is 107 Å². The molecule has 2 rings (SSSR count). The Balaban J connectivity index is 1.74. The monoisotopic (exact) mass is 255 g/mol. The number of carboxylic acids is 1. The van der Waals surface area contributed by atoms with Crippen molar-refractivity contribution < 1.29 is 14.7 Å². The summed E-state index contributed by atoms with van der Waals surface area (Å²) in [6, 6.07) is 0.0804. The molecule has 1 saturated carbocycles. The first-order valence-electron chi connectivity index (χ1n) is 6.50. The number of nitrogens with zero attached hydrogens (tertiary/aromatic N) is 3. The maximum Gasteiger partial charge on any atom is 0.319 e. The summed E-state index contributed by atoms with van der Waals surface area (Å²) in [5.74, 6) is -0.104. The first-order valence-corrected chi connectivity index (χ1v) is 6.50. The van der Waals surface area contributed by atoms with Crippen molar-refractivity contribution in [1.29, 1.82) is 0 Å². The molecule has 1 heterocycles. The summed E-state index contributed by atoms with van der Waals surface area (Å²) in [5, 5.41) is 8.70. The molecule has 1 aliphatic heterocycles. The van der Waals surface area contributed by atoms with Gasteiger partial charge in [0, 0.05) is 39.8 Å². The van der Waals surface area contributed by atoms with Gasteiger partial charge in [-0.25, -0.2) is 4.79 Å². The second kappa shape index (κ2) is 5.56. The van der Waals surface area contributed by atoms with Crippen LogP contribution in [0.15, 0.2) is 0 Å². The highest BCUT2D eigenvalue weighted by atomic mass is 16.4. The van der Waals surface area contributed by atoms with Crippen LogP contribution in [0.5, 0.6) is 0 Å². The Kier molecular flexibility index (Phi) is 4.06. The van der Waals surface area contributed by atoms with Crippen molar-refractivity contribution in [3.8, 4) is 0 Å². The number of carbonyl (C=O) groups is 2. The van der Waals surface area contributed by atoms with E-state index in [0.717, 1.165) is 6.54 Å². The second-order valence-corrected chi connectivity index (χ2v) is 5.26. The number of amides is 2. The van der Waals surface area contributed by atoms with Gasteiger partial charge in [-0.1, -0.05) is 0 Å². The minimum atomic E-state index is -0.805.